The Morgan fingerprint density at radius 1 is 1.47 bits per heavy atom. The second kappa shape index (κ2) is 5.11. The smallest absolute Gasteiger partial charge is 0.303 e. The monoisotopic (exact) mass is 262 g/mol. The zero-order chi connectivity index (χ0) is 12.5. The van der Waals surface area contributed by atoms with Gasteiger partial charge in [-0.2, -0.15) is 11.8 Å². The number of hydrogen-bond acceptors (Lipinski definition) is 6. The third-order valence-corrected chi connectivity index (χ3v) is 4.80. The molecule has 5 N–H and O–H groups in total. The molecule has 0 saturated carbocycles. The van der Waals surface area contributed by atoms with Crippen molar-refractivity contribution < 1.29 is 20.1 Å². The summed E-state index contributed by atoms with van der Waals surface area (Å²) < 4.78 is 0. The summed E-state index contributed by atoms with van der Waals surface area (Å²) >= 11 is 1.66. The normalized spacial score (nSPS) is 40.5. The summed E-state index contributed by atoms with van der Waals surface area (Å²) in [6.45, 7) is 0. The van der Waals surface area contributed by atoms with Crippen LogP contribution in [0.5, 0.6) is 0 Å². The molecule has 98 valence electrons. The van der Waals surface area contributed by atoms with Gasteiger partial charge in [-0.25, -0.2) is 5.32 Å². The van der Waals surface area contributed by atoms with Gasteiger partial charge in [0.15, 0.2) is 6.35 Å². The van der Waals surface area contributed by atoms with Crippen molar-refractivity contribution in [2.24, 2.45) is 0 Å². The molecule has 2 fully saturated rings. The minimum Gasteiger partial charge on any atom is -0.481 e. The number of hydrogen-bond donors (Lipinski definition) is 5. The predicted octanol–water partition coefficient (Wildman–Crippen LogP) is -0.727. The number of aliphatic hydroxyl groups is 2. The number of carbonyl (C=O) groups is 1. The Hall–Kier alpha value is -0.340. The Balaban J connectivity index is 1.77. The molecular formula is C10H18N2O4S. The molecule has 2 rings (SSSR count). The lowest BCUT2D eigenvalue weighted by Gasteiger charge is -2.22. The molecule has 0 spiro atoms. The summed E-state index contributed by atoms with van der Waals surface area (Å²) in [5, 5.41) is 33.9. The van der Waals surface area contributed by atoms with Crippen LogP contribution < -0.4 is 10.6 Å². The fraction of sp³-hybridized carbons (Fsp3) is 0.900. The fourth-order valence-electron chi connectivity index (χ4n) is 2.42. The Morgan fingerprint density at radius 2 is 2.24 bits per heavy atom. The van der Waals surface area contributed by atoms with Gasteiger partial charge in [0.25, 0.3) is 0 Å². The van der Waals surface area contributed by atoms with E-state index in [1.54, 1.807) is 11.8 Å². The van der Waals surface area contributed by atoms with Gasteiger partial charge >= 0.3 is 5.97 Å². The van der Waals surface area contributed by atoms with Crippen LogP contribution in [0.15, 0.2) is 0 Å². The first kappa shape index (κ1) is 13.1. The molecule has 0 radical (unpaired) electrons. The summed E-state index contributed by atoms with van der Waals surface area (Å²) in [4.78, 5) is 10.4. The van der Waals surface area contributed by atoms with E-state index in [0.717, 1.165) is 12.8 Å². The van der Waals surface area contributed by atoms with E-state index >= 15 is 0 Å². The van der Waals surface area contributed by atoms with Crippen molar-refractivity contribution in [2.75, 3.05) is 5.75 Å². The van der Waals surface area contributed by atoms with Gasteiger partial charge in [0.1, 0.15) is 5.72 Å². The van der Waals surface area contributed by atoms with E-state index in [0.29, 0.717) is 12.2 Å². The first-order valence-electron chi connectivity index (χ1n) is 5.79. The van der Waals surface area contributed by atoms with Gasteiger partial charge in [-0.05, 0) is 12.8 Å². The quantitative estimate of drug-likeness (QED) is 0.416. The highest BCUT2D eigenvalue weighted by Crippen LogP contribution is 2.38. The Kier molecular flexibility index (Phi) is 3.94. The molecule has 0 aromatic heterocycles. The molecule has 0 aromatic rings. The maximum atomic E-state index is 10.4. The van der Waals surface area contributed by atoms with Crippen molar-refractivity contribution in [3.05, 3.63) is 0 Å². The maximum Gasteiger partial charge on any atom is 0.303 e. The highest BCUT2D eigenvalue weighted by molar-refractivity contribution is 8.00. The van der Waals surface area contributed by atoms with Gasteiger partial charge in [0.05, 0.1) is 6.04 Å². The van der Waals surface area contributed by atoms with Crippen molar-refractivity contribution in [3.63, 3.8) is 0 Å². The predicted molar refractivity (Wildman–Crippen MR) is 63.4 cm³/mol. The van der Waals surface area contributed by atoms with Crippen LogP contribution in [0.1, 0.15) is 25.7 Å². The molecule has 0 bridgehead atoms. The third kappa shape index (κ3) is 2.92. The number of rotatable bonds is 5. The summed E-state index contributed by atoms with van der Waals surface area (Å²) in [5.74, 6) is -0.220. The highest BCUT2D eigenvalue weighted by atomic mass is 32.2. The van der Waals surface area contributed by atoms with E-state index in [1.165, 1.54) is 0 Å². The number of aliphatic hydroxyl groups excluding tert-OH is 1. The fourth-order valence-corrected chi connectivity index (χ4v) is 3.99. The molecule has 2 aliphatic heterocycles. The van der Waals surface area contributed by atoms with Crippen LogP contribution in [0.4, 0.5) is 0 Å². The lowest BCUT2D eigenvalue weighted by Crippen LogP contribution is -2.50. The van der Waals surface area contributed by atoms with Crippen molar-refractivity contribution >= 4 is 17.7 Å². The average molecular weight is 262 g/mol. The minimum absolute atomic E-state index is 0.160. The van der Waals surface area contributed by atoms with Gasteiger partial charge in [0, 0.05) is 17.4 Å². The molecule has 0 aromatic carbocycles. The standard InChI is InChI=1S/C10H18N2O4S/c13-7(14)4-2-1-3-6-8-10(16,5-17-6)12-9(15)11-8/h6,8-9,11-12,15-16H,1-5H2,(H,13,14). The van der Waals surface area contributed by atoms with Crippen molar-refractivity contribution in [1.29, 1.82) is 0 Å². The third-order valence-electron chi connectivity index (χ3n) is 3.26. The molecule has 4 atom stereocenters. The summed E-state index contributed by atoms with van der Waals surface area (Å²) in [7, 11) is 0. The van der Waals surface area contributed by atoms with Crippen LogP contribution in [0.2, 0.25) is 0 Å². The van der Waals surface area contributed by atoms with Gasteiger partial charge in [-0.1, -0.05) is 6.42 Å². The van der Waals surface area contributed by atoms with Crippen molar-refractivity contribution in [1.82, 2.24) is 10.6 Å². The molecule has 4 unspecified atom stereocenters. The second-order valence-electron chi connectivity index (χ2n) is 4.60. The molecule has 2 heterocycles. The Morgan fingerprint density at radius 3 is 2.94 bits per heavy atom. The van der Waals surface area contributed by atoms with Crippen LogP contribution in [-0.4, -0.2) is 50.4 Å². The average Bonchev–Trinajstić information content (AvgIpc) is 2.66. The number of carboxylic acid groups (broad SMARTS) is 1. The molecule has 2 aliphatic rings. The minimum atomic E-state index is -1.03. The lowest BCUT2D eigenvalue weighted by atomic mass is 10.0. The molecule has 2 saturated heterocycles. The van der Waals surface area contributed by atoms with E-state index in [-0.39, 0.29) is 17.7 Å². The number of aliphatic carboxylic acids is 1. The first-order chi connectivity index (χ1) is 8.01. The van der Waals surface area contributed by atoms with E-state index in [1.807, 2.05) is 0 Å². The van der Waals surface area contributed by atoms with Crippen molar-refractivity contribution in [2.45, 2.75) is 49.1 Å². The van der Waals surface area contributed by atoms with Crippen molar-refractivity contribution in [3.8, 4) is 0 Å². The molecule has 0 amide bonds. The lowest BCUT2D eigenvalue weighted by molar-refractivity contribution is -0.137. The van der Waals surface area contributed by atoms with Crippen LogP contribution in [0, 0.1) is 0 Å². The van der Waals surface area contributed by atoms with Gasteiger partial charge in [-0.15, -0.1) is 0 Å². The number of carboxylic acids is 1. The van der Waals surface area contributed by atoms with E-state index < -0.39 is 18.0 Å². The number of unbranched alkanes of at least 4 members (excludes halogenated alkanes) is 1. The largest absolute Gasteiger partial charge is 0.481 e. The Labute approximate surface area is 104 Å². The van der Waals surface area contributed by atoms with Gasteiger partial charge in [0.2, 0.25) is 0 Å². The zero-order valence-electron chi connectivity index (χ0n) is 9.43. The zero-order valence-corrected chi connectivity index (χ0v) is 10.2. The van der Waals surface area contributed by atoms with Crippen LogP contribution >= 0.6 is 11.8 Å². The summed E-state index contributed by atoms with van der Waals surface area (Å²) in [6.07, 6.45) is 1.68. The number of fused-ring (bicyclic) bond motifs is 1. The van der Waals surface area contributed by atoms with Gasteiger partial charge in [-0.3, -0.25) is 10.1 Å². The van der Waals surface area contributed by atoms with E-state index in [9.17, 15) is 15.0 Å². The number of nitrogens with one attached hydrogen (secondary N) is 2. The second-order valence-corrected chi connectivity index (χ2v) is 5.83. The maximum absolute atomic E-state index is 10.4. The Bertz CT molecular complexity index is 304. The summed E-state index contributed by atoms with van der Waals surface area (Å²) in [6, 6.07) is -0.160. The van der Waals surface area contributed by atoms with E-state index in [2.05, 4.69) is 10.6 Å². The van der Waals surface area contributed by atoms with Crippen LogP contribution in [0.25, 0.3) is 0 Å². The topological polar surface area (TPSA) is 102 Å². The molecular weight excluding hydrogens is 244 g/mol. The molecule has 6 nitrogen and oxygen atoms in total. The highest BCUT2D eigenvalue weighted by Gasteiger charge is 2.53. The molecule has 7 heteroatoms. The van der Waals surface area contributed by atoms with Crippen LogP contribution in [0.3, 0.4) is 0 Å². The van der Waals surface area contributed by atoms with Gasteiger partial charge < -0.3 is 15.3 Å². The van der Waals surface area contributed by atoms with Crippen LogP contribution in [-0.2, 0) is 4.79 Å². The summed E-state index contributed by atoms with van der Waals surface area (Å²) in [5.41, 5.74) is -1.03. The number of thioether (sulfide) groups is 1. The SMILES string of the molecule is O=C(O)CCCCC1SCC2(O)NC(O)NC12. The molecule has 0 aliphatic carbocycles. The molecule has 17 heavy (non-hydrogen) atoms. The van der Waals surface area contributed by atoms with E-state index in [4.69, 9.17) is 5.11 Å². The first-order valence-corrected chi connectivity index (χ1v) is 6.84.